The van der Waals surface area contributed by atoms with Crippen LogP contribution in [0.1, 0.15) is 52.0 Å². The fraction of sp³-hybridized carbons (Fsp3) is 0.600. The van der Waals surface area contributed by atoms with E-state index in [-0.39, 0.29) is 0 Å². The molecule has 0 fully saturated rings. The van der Waals surface area contributed by atoms with Gasteiger partial charge in [-0.3, -0.25) is 0 Å². The fourth-order valence-corrected chi connectivity index (χ4v) is 1.95. The van der Waals surface area contributed by atoms with Crippen molar-refractivity contribution in [3.8, 4) is 5.75 Å². The molecule has 2 atom stereocenters. The van der Waals surface area contributed by atoms with E-state index in [9.17, 15) is 5.11 Å². The minimum atomic E-state index is 0.353. The third-order valence-corrected chi connectivity index (χ3v) is 3.47. The topological polar surface area (TPSA) is 20.2 Å². The van der Waals surface area contributed by atoms with E-state index in [1.165, 1.54) is 18.4 Å². The highest BCUT2D eigenvalue weighted by atomic mass is 16.3. The Hall–Kier alpha value is -0.980. The maximum absolute atomic E-state index is 9.25. The van der Waals surface area contributed by atoms with Crippen LogP contribution in [0, 0.1) is 11.8 Å². The van der Waals surface area contributed by atoms with Crippen LogP contribution in [-0.4, -0.2) is 5.11 Å². The summed E-state index contributed by atoms with van der Waals surface area (Å²) in [6.45, 7) is 9.15. The largest absolute Gasteiger partial charge is 0.508 e. The molecule has 1 aromatic carbocycles. The highest BCUT2D eigenvalue weighted by Gasteiger charge is 2.14. The van der Waals surface area contributed by atoms with Crippen molar-refractivity contribution >= 4 is 0 Å². The first-order valence-corrected chi connectivity index (χ1v) is 6.29. The smallest absolute Gasteiger partial charge is 0.115 e. The summed E-state index contributed by atoms with van der Waals surface area (Å²) in [5.41, 5.74) is 1.33. The first kappa shape index (κ1) is 13.1. The third-order valence-electron chi connectivity index (χ3n) is 3.47. The first-order chi connectivity index (χ1) is 7.50. The Morgan fingerprint density at radius 2 is 1.50 bits per heavy atom. The van der Waals surface area contributed by atoms with Gasteiger partial charge >= 0.3 is 0 Å². The molecule has 2 unspecified atom stereocenters. The molecule has 16 heavy (non-hydrogen) atoms. The van der Waals surface area contributed by atoms with E-state index in [1.54, 1.807) is 12.1 Å². The lowest BCUT2D eigenvalue weighted by Crippen LogP contribution is -2.07. The molecule has 1 nitrogen and oxygen atoms in total. The lowest BCUT2D eigenvalue weighted by atomic mass is 9.84. The predicted octanol–water partition coefficient (Wildman–Crippen LogP) is 4.57. The van der Waals surface area contributed by atoms with Gasteiger partial charge in [-0.1, -0.05) is 46.2 Å². The molecule has 0 saturated heterocycles. The van der Waals surface area contributed by atoms with Crippen molar-refractivity contribution in [3.05, 3.63) is 29.8 Å². The second kappa shape index (κ2) is 5.93. The molecule has 0 bridgehead atoms. The van der Waals surface area contributed by atoms with Crippen LogP contribution in [-0.2, 0) is 0 Å². The zero-order valence-electron chi connectivity index (χ0n) is 10.9. The van der Waals surface area contributed by atoms with Crippen LogP contribution in [0.5, 0.6) is 5.75 Å². The summed E-state index contributed by atoms with van der Waals surface area (Å²) in [5, 5.41) is 9.25. The molecule has 0 radical (unpaired) electrons. The van der Waals surface area contributed by atoms with E-state index >= 15 is 0 Å². The molecule has 0 aliphatic carbocycles. The van der Waals surface area contributed by atoms with Gasteiger partial charge in [0.1, 0.15) is 5.75 Å². The lowest BCUT2D eigenvalue weighted by molar-refractivity contribution is 0.402. The zero-order chi connectivity index (χ0) is 12.1. The zero-order valence-corrected chi connectivity index (χ0v) is 10.9. The minimum absolute atomic E-state index is 0.353. The van der Waals surface area contributed by atoms with Gasteiger partial charge in [-0.2, -0.15) is 0 Å². The van der Waals surface area contributed by atoms with Gasteiger partial charge in [-0.05, 0) is 41.9 Å². The molecule has 90 valence electrons. The molecule has 1 heteroatoms. The Labute approximate surface area is 99.5 Å². The second-order valence-corrected chi connectivity index (χ2v) is 5.33. The van der Waals surface area contributed by atoms with Crippen LogP contribution in [0.3, 0.4) is 0 Å². The van der Waals surface area contributed by atoms with Crippen LogP contribution >= 0.6 is 0 Å². The number of rotatable bonds is 5. The number of benzene rings is 1. The number of phenols is 1. The summed E-state index contributed by atoms with van der Waals surface area (Å²) in [6.07, 6.45) is 2.57. The number of phenolic OH excluding ortho intramolecular Hbond substituents is 1. The van der Waals surface area contributed by atoms with Crippen LogP contribution in [0.25, 0.3) is 0 Å². The summed E-state index contributed by atoms with van der Waals surface area (Å²) in [4.78, 5) is 0. The van der Waals surface area contributed by atoms with Crippen molar-refractivity contribution < 1.29 is 5.11 Å². The van der Waals surface area contributed by atoms with Gasteiger partial charge in [-0.25, -0.2) is 0 Å². The summed E-state index contributed by atoms with van der Waals surface area (Å²) in [7, 11) is 0. The summed E-state index contributed by atoms with van der Waals surface area (Å²) < 4.78 is 0. The van der Waals surface area contributed by atoms with Gasteiger partial charge in [-0.15, -0.1) is 0 Å². The van der Waals surface area contributed by atoms with Crippen LogP contribution in [0.2, 0.25) is 0 Å². The van der Waals surface area contributed by atoms with E-state index in [2.05, 4.69) is 27.7 Å². The summed E-state index contributed by atoms with van der Waals surface area (Å²) in [5.74, 6) is 2.41. The third kappa shape index (κ3) is 3.88. The standard InChI is InChI=1S/C15H24O/c1-11(2)5-6-12(3)13(4)14-7-9-15(16)10-8-14/h7-13,16H,5-6H2,1-4H3. The van der Waals surface area contributed by atoms with Crippen molar-refractivity contribution in [1.29, 1.82) is 0 Å². The Kier molecular flexibility index (Phi) is 4.85. The van der Waals surface area contributed by atoms with E-state index in [0.29, 0.717) is 17.6 Å². The van der Waals surface area contributed by atoms with Crippen LogP contribution < -0.4 is 0 Å². The van der Waals surface area contributed by atoms with Crippen molar-refractivity contribution in [2.24, 2.45) is 11.8 Å². The molecule has 0 spiro atoms. The summed E-state index contributed by atoms with van der Waals surface area (Å²) in [6, 6.07) is 7.62. The Morgan fingerprint density at radius 3 is 2.00 bits per heavy atom. The van der Waals surface area contributed by atoms with Gasteiger partial charge in [0, 0.05) is 0 Å². The molecular formula is C15H24O. The predicted molar refractivity (Wildman–Crippen MR) is 69.8 cm³/mol. The quantitative estimate of drug-likeness (QED) is 0.770. The van der Waals surface area contributed by atoms with Gasteiger partial charge < -0.3 is 5.11 Å². The molecule has 1 aromatic rings. The van der Waals surface area contributed by atoms with Gasteiger partial charge in [0.25, 0.3) is 0 Å². The van der Waals surface area contributed by atoms with E-state index in [0.717, 1.165) is 5.92 Å². The molecule has 1 rings (SSSR count). The molecule has 1 N–H and O–H groups in total. The molecule has 0 saturated carbocycles. The number of aromatic hydroxyl groups is 1. The van der Waals surface area contributed by atoms with Crippen LogP contribution in [0.4, 0.5) is 0 Å². The average molecular weight is 220 g/mol. The van der Waals surface area contributed by atoms with E-state index < -0.39 is 0 Å². The second-order valence-electron chi connectivity index (χ2n) is 5.33. The fourth-order valence-electron chi connectivity index (χ4n) is 1.95. The average Bonchev–Trinajstić information content (AvgIpc) is 2.26. The summed E-state index contributed by atoms with van der Waals surface area (Å²) >= 11 is 0. The highest BCUT2D eigenvalue weighted by molar-refractivity contribution is 5.28. The van der Waals surface area contributed by atoms with Crippen molar-refractivity contribution in [2.45, 2.75) is 46.5 Å². The normalized spacial score (nSPS) is 15.1. The maximum atomic E-state index is 9.25. The SMILES string of the molecule is CC(C)CCC(C)C(C)c1ccc(O)cc1. The van der Waals surface area contributed by atoms with Gasteiger partial charge in [0.2, 0.25) is 0 Å². The van der Waals surface area contributed by atoms with E-state index in [4.69, 9.17) is 0 Å². The van der Waals surface area contributed by atoms with Crippen LogP contribution in [0.15, 0.2) is 24.3 Å². The number of hydrogen-bond acceptors (Lipinski definition) is 1. The minimum Gasteiger partial charge on any atom is -0.508 e. The number of hydrogen-bond donors (Lipinski definition) is 1. The Morgan fingerprint density at radius 1 is 0.938 bits per heavy atom. The Bertz CT molecular complexity index is 300. The molecule has 0 amide bonds. The Balaban J connectivity index is 2.56. The van der Waals surface area contributed by atoms with E-state index in [1.807, 2.05) is 12.1 Å². The first-order valence-electron chi connectivity index (χ1n) is 6.29. The maximum Gasteiger partial charge on any atom is 0.115 e. The van der Waals surface area contributed by atoms with Crippen molar-refractivity contribution in [2.75, 3.05) is 0 Å². The van der Waals surface area contributed by atoms with Gasteiger partial charge in [0.05, 0.1) is 0 Å². The van der Waals surface area contributed by atoms with Crippen molar-refractivity contribution in [1.82, 2.24) is 0 Å². The molecular weight excluding hydrogens is 196 g/mol. The molecule has 0 aromatic heterocycles. The molecule has 0 aliphatic rings. The highest BCUT2D eigenvalue weighted by Crippen LogP contribution is 2.29. The molecule has 0 aliphatic heterocycles. The van der Waals surface area contributed by atoms with Crippen molar-refractivity contribution in [3.63, 3.8) is 0 Å². The monoisotopic (exact) mass is 220 g/mol. The van der Waals surface area contributed by atoms with Gasteiger partial charge in [0.15, 0.2) is 0 Å². The molecule has 0 heterocycles. The lowest BCUT2D eigenvalue weighted by Gasteiger charge is -2.21.